The quantitative estimate of drug-likeness (QED) is 0.911. The van der Waals surface area contributed by atoms with E-state index < -0.39 is 0 Å². The Balaban J connectivity index is 1.92. The van der Waals surface area contributed by atoms with E-state index in [2.05, 4.69) is 26.4 Å². The van der Waals surface area contributed by atoms with Gasteiger partial charge in [-0.3, -0.25) is 9.59 Å². The summed E-state index contributed by atoms with van der Waals surface area (Å²) < 4.78 is 5.71. The number of nitrogens with zero attached hydrogens (tertiary/aromatic N) is 2. The summed E-state index contributed by atoms with van der Waals surface area (Å²) >= 11 is 4.62. The van der Waals surface area contributed by atoms with E-state index in [1.54, 1.807) is 32.2 Å². The Labute approximate surface area is 127 Å². The van der Waals surface area contributed by atoms with E-state index in [-0.39, 0.29) is 18.4 Å². The van der Waals surface area contributed by atoms with E-state index in [0.29, 0.717) is 16.5 Å². The molecule has 0 atom stereocenters. The van der Waals surface area contributed by atoms with Gasteiger partial charge in [-0.2, -0.15) is 0 Å². The molecule has 2 aromatic rings. The van der Waals surface area contributed by atoms with Gasteiger partial charge in [0, 0.05) is 13.1 Å². The van der Waals surface area contributed by atoms with Crippen molar-refractivity contribution in [1.82, 2.24) is 10.1 Å². The third-order valence-electron chi connectivity index (χ3n) is 2.41. The molecule has 0 aliphatic rings. The molecule has 0 spiro atoms. The first-order valence-corrected chi connectivity index (χ1v) is 7.30. The summed E-state index contributed by atoms with van der Waals surface area (Å²) in [6, 6.07) is 5.12. The van der Waals surface area contributed by atoms with Crippen LogP contribution in [0.3, 0.4) is 0 Å². The van der Waals surface area contributed by atoms with Gasteiger partial charge in [0.15, 0.2) is 5.82 Å². The van der Waals surface area contributed by atoms with Gasteiger partial charge in [-0.1, -0.05) is 5.16 Å². The molecule has 0 saturated heterocycles. The molecule has 1 N–H and O–H groups in total. The lowest BCUT2D eigenvalue weighted by atomic mass is 10.4. The molecular weight excluding hydrogens is 346 g/mol. The monoisotopic (exact) mass is 357 g/mol. The van der Waals surface area contributed by atoms with E-state index in [1.165, 1.54) is 16.2 Å². The fraction of sp³-hybridized carbons (Fsp3) is 0.250. The highest BCUT2D eigenvalue weighted by Gasteiger charge is 2.17. The van der Waals surface area contributed by atoms with Crippen molar-refractivity contribution in [2.75, 3.05) is 18.9 Å². The highest BCUT2D eigenvalue weighted by atomic mass is 79.9. The Kier molecular flexibility index (Phi) is 4.56. The number of likely N-dealkylation sites (N-methyl/N-ethyl adjacent to an activating group) is 1. The maximum atomic E-state index is 12.1. The molecule has 2 rings (SSSR count). The summed E-state index contributed by atoms with van der Waals surface area (Å²) in [5.41, 5.74) is 0. The molecule has 20 heavy (non-hydrogen) atoms. The summed E-state index contributed by atoms with van der Waals surface area (Å²) in [6.45, 7) is 1.67. The molecule has 0 radical (unpaired) electrons. The molecule has 2 aromatic heterocycles. The molecule has 0 bridgehead atoms. The summed E-state index contributed by atoms with van der Waals surface area (Å²) in [6.07, 6.45) is 0. The van der Waals surface area contributed by atoms with Gasteiger partial charge in [0.25, 0.3) is 5.91 Å². The second kappa shape index (κ2) is 6.19. The van der Waals surface area contributed by atoms with Gasteiger partial charge in [-0.15, -0.1) is 11.3 Å². The molecule has 8 heteroatoms. The highest BCUT2D eigenvalue weighted by molar-refractivity contribution is 9.11. The van der Waals surface area contributed by atoms with Crippen LogP contribution < -0.4 is 5.32 Å². The van der Waals surface area contributed by atoms with E-state index in [9.17, 15) is 9.59 Å². The van der Waals surface area contributed by atoms with Crippen LogP contribution in [0, 0.1) is 6.92 Å². The van der Waals surface area contributed by atoms with Gasteiger partial charge in [-0.05, 0) is 35.0 Å². The lowest BCUT2D eigenvalue weighted by Crippen LogP contribution is -2.34. The Morgan fingerprint density at radius 3 is 2.80 bits per heavy atom. The Morgan fingerprint density at radius 2 is 2.25 bits per heavy atom. The van der Waals surface area contributed by atoms with Gasteiger partial charge in [0.05, 0.1) is 15.2 Å². The number of amides is 2. The molecule has 0 aromatic carbocycles. The largest absolute Gasteiger partial charge is 0.360 e. The Morgan fingerprint density at radius 1 is 1.50 bits per heavy atom. The average Bonchev–Trinajstić information content (AvgIpc) is 2.97. The summed E-state index contributed by atoms with van der Waals surface area (Å²) in [5.74, 6) is 0.414. The molecular formula is C12H12BrN3O3S. The molecule has 2 amide bonds. The highest BCUT2D eigenvalue weighted by Crippen LogP contribution is 2.23. The van der Waals surface area contributed by atoms with Gasteiger partial charge in [0.2, 0.25) is 5.91 Å². The predicted octanol–water partition coefficient (Wildman–Crippen LogP) is 2.52. The minimum Gasteiger partial charge on any atom is -0.360 e. The second-order valence-corrected chi connectivity index (χ2v) is 6.60. The normalized spacial score (nSPS) is 10.3. The van der Waals surface area contributed by atoms with Crippen LogP contribution in [0.15, 0.2) is 26.5 Å². The third-order valence-corrected chi connectivity index (χ3v) is 4.02. The van der Waals surface area contributed by atoms with Crippen molar-refractivity contribution in [2.24, 2.45) is 0 Å². The van der Waals surface area contributed by atoms with Gasteiger partial charge < -0.3 is 14.7 Å². The van der Waals surface area contributed by atoms with Crippen LogP contribution >= 0.6 is 27.3 Å². The number of anilines is 1. The molecule has 0 saturated carbocycles. The fourth-order valence-electron chi connectivity index (χ4n) is 1.51. The van der Waals surface area contributed by atoms with Crippen LogP contribution in [0.1, 0.15) is 15.4 Å². The summed E-state index contributed by atoms with van der Waals surface area (Å²) in [5, 5.41) is 6.22. The van der Waals surface area contributed by atoms with Crippen LogP contribution in [-0.2, 0) is 4.79 Å². The molecule has 6 nitrogen and oxygen atoms in total. The van der Waals surface area contributed by atoms with Crippen molar-refractivity contribution in [2.45, 2.75) is 6.92 Å². The first kappa shape index (κ1) is 14.7. The lowest BCUT2D eigenvalue weighted by molar-refractivity contribution is -0.116. The van der Waals surface area contributed by atoms with Crippen LogP contribution in [-0.4, -0.2) is 35.5 Å². The zero-order chi connectivity index (χ0) is 14.7. The topological polar surface area (TPSA) is 75.4 Å². The lowest BCUT2D eigenvalue weighted by Gasteiger charge is -2.15. The number of carbonyl (C=O) groups is 2. The maximum absolute atomic E-state index is 12.1. The van der Waals surface area contributed by atoms with Crippen LogP contribution in [0.2, 0.25) is 0 Å². The number of rotatable bonds is 4. The van der Waals surface area contributed by atoms with E-state index >= 15 is 0 Å². The Bertz CT molecular complexity index is 637. The average molecular weight is 358 g/mol. The first-order valence-electron chi connectivity index (χ1n) is 5.69. The van der Waals surface area contributed by atoms with Crippen LogP contribution in [0.5, 0.6) is 0 Å². The predicted molar refractivity (Wildman–Crippen MR) is 78.8 cm³/mol. The first-order chi connectivity index (χ1) is 9.45. The van der Waals surface area contributed by atoms with Gasteiger partial charge in [-0.25, -0.2) is 0 Å². The summed E-state index contributed by atoms with van der Waals surface area (Å²) in [4.78, 5) is 25.8. The third kappa shape index (κ3) is 3.67. The number of hydrogen-bond acceptors (Lipinski definition) is 5. The molecule has 0 fully saturated rings. The molecule has 106 valence electrons. The van der Waals surface area contributed by atoms with Crippen LogP contribution in [0.25, 0.3) is 0 Å². The smallest absolute Gasteiger partial charge is 0.264 e. The van der Waals surface area contributed by atoms with Crippen molar-refractivity contribution >= 4 is 44.9 Å². The number of hydrogen-bond donors (Lipinski definition) is 1. The zero-order valence-electron chi connectivity index (χ0n) is 10.8. The molecule has 2 heterocycles. The molecule has 0 aliphatic carbocycles. The molecule has 0 aliphatic heterocycles. The van der Waals surface area contributed by atoms with Crippen molar-refractivity contribution in [1.29, 1.82) is 0 Å². The van der Waals surface area contributed by atoms with E-state index in [0.717, 1.165) is 3.79 Å². The minimum absolute atomic E-state index is 0.0553. The number of carbonyl (C=O) groups excluding carboxylic acids is 2. The number of aryl methyl sites for hydroxylation is 1. The van der Waals surface area contributed by atoms with E-state index in [1.807, 2.05) is 0 Å². The maximum Gasteiger partial charge on any atom is 0.264 e. The minimum atomic E-state index is -0.329. The number of aromatic nitrogens is 1. The van der Waals surface area contributed by atoms with Crippen LogP contribution in [0.4, 0.5) is 5.82 Å². The summed E-state index contributed by atoms with van der Waals surface area (Å²) in [7, 11) is 1.57. The number of nitrogens with one attached hydrogen (secondary N) is 1. The fourth-order valence-corrected chi connectivity index (χ4v) is 2.89. The van der Waals surface area contributed by atoms with Crippen molar-refractivity contribution in [3.05, 3.63) is 32.6 Å². The number of thiophene rings is 1. The van der Waals surface area contributed by atoms with Crippen molar-refractivity contribution in [3.8, 4) is 0 Å². The second-order valence-electron chi connectivity index (χ2n) is 4.14. The molecule has 0 unspecified atom stereocenters. The van der Waals surface area contributed by atoms with E-state index in [4.69, 9.17) is 4.52 Å². The van der Waals surface area contributed by atoms with Crippen molar-refractivity contribution < 1.29 is 14.1 Å². The zero-order valence-corrected chi connectivity index (χ0v) is 13.2. The van der Waals surface area contributed by atoms with Crippen molar-refractivity contribution in [3.63, 3.8) is 0 Å². The SMILES string of the molecule is Cc1cc(NC(=O)CN(C)C(=O)c2ccc(Br)s2)no1. The standard InChI is InChI=1S/C12H12BrN3O3S/c1-7-5-10(15-19-7)14-11(17)6-16(2)12(18)8-3-4-9(13)20-8/h3-5H,6H2,1-2H3,(H,14,15,17). The van der Waals surface area contributed by atoms with Gasteiger partial charge >= 0.3 is 0 Å². The number of halogens is 1. The Hall–Kier alpha value is -1.67. The van der Waals surface area contributed by atoms with Gasteiger partial charge in [0.1, 0.15) is 5.76 Å².